The van der Waals surface area contributed by atoms with Crippen LogP contribution in [0.15, 0.2) is 24.3 Å². The van der Waals surface area contributed by atoms with E-state index in [1.807, 2.05) is 25.1 Å². The van der Waals surface area contributed by atoms with Crippen LogP contribution >= 0.6 is 0 Å². The Hall–Kier alpha value is -2.04. The SMILES string of the molecule is CCCCCCCC(=O)NNC(=O)COc1cccc(C)c1. The van der Waals surface area contributed by atoms with Crippen molar-refractivity contribution in [1.29, 1.82) is 0 Å². The number of carbonyl (C=O) groups excluding carboxylic acids is 2. The molecule has 0 radical (unpaired) electrons. The van der Waals surface area contributed by atoms with Crippen LogP contribution in [0.25, 0.3) is 0 Å². The third-order valence-corrected chi connectivity index (χ3v) is 3.21. The van der Waals surface area contributed by atoms with E-state index in [0.717, 1.165) is 24.8 Å². The predicted molar refractivity (Wildman–Crippen MR) is 86.3 cm³/mol. The summed E-state index contributed by atoms with van der Waals surface area (Å²) in [6, 6.07) is 7.45. The summed E-state index contributed by atoms with van der Waals surface area (Å²) < 4.78 is 5.34. The fraction of sp³-hybridized carbons (Fsp3) is 0.529. The summed E-state index contributed by atoms with van der Waals surface area (Å²) in [6.07, 6.45) is 5.87. The van der Waals surface area contributed by atoms with Crippen LogP contribution in [0.3, 0.4) is 0 Å². The van der Waals surface area contributed by atoms with Crippen molar-refractivity contribution >= 4 is 11.8 Å². The lowest BCUT2D eigenvalue weighted by atomic mass is 10.1. The molecule has 2 amide bonds. The number of hydrogen-bond acceptors (Lipinski definition) is 3. The summed E-state index contributed by atoms with van der Waals surface area (Å²) in [4.78, 5) is 23.1. The first-order valence-corrected chi connectivity index (χ1v) is 7.89. The molecule has 5 nitrogen and oxygen atoms in total. The Labute approximate surface area is 132 Å². The second-order valence-electron chi connectivity index (χ2n) is 5.37. The molecule has 1 aromatic carbocycles. The Bertz CT molecular complexity index is 475. The zero-order valence-electron chi connectivity index (χ0n) is 13.5. The first kappa shape index (κ1) is 18.0. The van der Waals surface area contributed by atoms with Gasteiger partial charge in [-0.2, -0.15) is 0 Å². The molecule has 0 aliphatic heterocycles. The summed E-state index contributed by atoms with van der Waals surface area (Å²) >= 11 is 0. The van der Waals surface area contributed by atoms with Gasteiger partial charge < -0.3 is 4.74 Å². The van der Waals surface area contributed by atoms with Crippen LogP contribution < -0.4 is 15.6 Å². The highest BCUT2D eigenvalue weighted by Crippen LogP contribution is 2.11. The molecule has 0 bridgehead atoms. The quantitative estimate of drug-likeness (QED) is 0.544. The molecule has 0 spiro atoms. The molecule has 0 aliphatic carbocycles. The average Bonchev–Trinajstić information content (AvgIpc) is 2.51. The second kappa shape index (κ2) is 10.7. The summed E-state index contributed by atoms with van der Waals surface area (Å²) in [6.45, 7) is 3.98. The van der Waals surface area contributed by atoms with E-state index in [1.165, 1.54) is 12.8 Å². The third kappa shape index (κ3) is 8.29. The minimum atomic E-state index is -0.374. The average molecular weight is 306 g/mol. The van der Waals surface area contributed by atoms with E-state index in [-0.39, 0.29) is 18.4 Å². The lowest BCUT2D eigenvalue weighted by Gasteiger charge is -2.09. The number of hydrazine groups is 1. The van der Waals surface area contributed by atoms with Gasteiger partial charge in [-0.3, -0.25) is 20.4 Å². The van der Waals surface area contributed by atoms with Gasteiger partial charge in [-0.05, 0) is 31.0 Å². The fourth-order valence-electron chi connectivity index (χ4n) is 1.98. The molecule has 0 unspecified atom stereocenters. The lowest BCUT2D eigenvalue weighted by molar-refractivity contribution is -0.130. The lowest BCUT2D eigenvalue weighted by Crippen LogP contribution is -2.43. The van der Waals surface area contributed by atoms with Crippen molar-refractivity contribution in [3.63, 3.8) is 0 Å². The van der Waals surface area contributed by atoms with Crippen molar-refractivity contribution in [2.45, 2.75) is 52.4 Å². The van der Waals surface area contributed by atoms with Crippen molar-refractivity contribution in [2.24, 2.45) is 0 Å². The van der Waals surface area contributed by atoms with Crippen LogP contribution in [-0.4, -0.2) is 18.4 Å². The second-order valence-corrected chi connectivity index (χ2v) is 5.37. The first-order chi connectivity index (χ1) is 10.6. The molecule has 0 saturated heterocycles. The van der Waals surface area contributed by atoms with Crippen LogP contribution in [-0.2, 0) is 9.59 Å². The molecular weight excluding hydrogens is 280 g/mol. The molecule has 0 aromatic heterocycles. The molecule has 0 atom stereocenters. The first-order valence-electron chi connectivity index (χ1n) is 7.89. The van der Waals surface area contributed by atoms with Crippen molar-refractivity contribution in [2.75, 3.05) is 6.61 Å². The van der Waals surface area contributed by atoms with Crippen molar-refractivity contribution in [3.8, 4) is 5.75 Å². The molecule has 1 rings (SSSR count). The van der Waals surface area contributed by atoms with E-state index < -0.39 is 0 Å². The summed E-state index contributed by atoms with van der Waals surface area (Å²) in [7, 11) is 0. The smallest absolute Gasteiger partial charge is 0.276 e. The molecule has 0 heterocycles. The van der Waals surface area contributed by atoms with E-state index >= 15 is 0 Å². The minimum Gasteiger partial charge on any atom is -0.484 e. The molecule has 0 saturated carbocycles. The van der Waals surface area contributed by atoms with Crippen LogP contribution in [0, 0.1) is 6.92 Å². The number of amides is 2. The van der Waals surface area contributed by atoms with E-state index in [2.05, 4.69) is 17.8 Å². The Morgan fingerprint density at radius 3 is 2.50 bits per heavy atom. The topological polar surface area (TPSA) is 67.4 Å². The number of hydrogen-bond donors (Lipinski definition) is 2. The Morgan fingerprint density at radius 2 is 1.77 bits per heavy atom. The highest BCUT2D eigenvalue weighted by molar-refractivity contribution is 5.82. The van der Waals surface area contributed by atoms with Gasteiger partial charge in [-0.1, -0.05) is 44.7 Å². The van der Waals surface area contributed by atoms with Gasteiger partial charge in [0.25, 0.3) is 5.91 Å². The number of carbonyl (C=O) groups is 2. The van der Waals surface area contributed by atoms with Crippen molar-refractivity contribution < 1.29 is 14.3 Å². The number of unbranched alkanes of at least 4 members (excludes halogenated alkanes) is 4. The number of rotatable bonds is 9. The zero-order valence-corrected chi connectivity index (χ0v) is 13.5. The normalized spacial score (nSPS) is 10.1. The largest absolute Gasteiger partial charge is 0.484 e. The van der Waals surface area contributed by atoms with Crippen LogP contribution in [0.2, 0.25) is 0 Å². The van der Waals surface area contributed by atoms with Gasteiger partial charge in [0.15, 0.2) is 6.61 Å². The zero-order chi connectivity index (χ0) is 16.2. The standard InChI is InChI=1S/C17H26N2O3/c1-3-4-5-6-7-11-16(20)18-19-17(21)13-22-15-10-8-9-14(2)12-15/h8-10,12H,3-7,11,13H2,1-2H3,(H,18,20)(H,19,21). The molecule has 5 heteroatoms. The number of aryl methyl sites for hydroxylation is 1. The van der Waals surface area contributed by atoms with Gasteiger partial charge in [0.1, 0.15) is 5.75 Å². The van der Waals surface area contributed by atoms with Crippen molar-refractivity contribution in [3.05, 3.63) is 29.8 Å². The maximum atomic E-state index is 11.6. The molecule has 122 valence electrons. The Morgan fingerprint density at radius 1 is 1.05 bits per heavy atom. The summed E-state index contributed by atoms with van der Waals surface area (Å²) in [5.41, 5.74) is 5.82. The van der Waals surface area contributed by atoms with Crippen LogP contribution in [0.1, 0.15) is 51.0 Å². The third-order valence-electron chi connectivity index (χ3n) is 3.21. The van der Waals surface area contributed by atoms with E-state index in [0.29, 0.717) is 12.2 Å². The van der Waals surface area contributed by atoms with E-state index in [1.54, 1.807) is 6.07 Å². The van der Waals surface area contributed by atoms with Crippen molar-refractivity contribution in [1.82, 2.24) is 10.9 Å². The monoisotopic (exact) mass is 306 g/mol. The van der Waals surface area contributed by atoms with Gasteiger partial charge in [-0.25, -0.2) is 0 Å². The van der Waals surface area contributed by atoms with Gasteiger partial charge >= 0.3 is 0 Å². The summed E-state index contributed by atoms with van der Waals surface area (Å²) in [5.74, 6) is 0.0960. The molecule has 0 fully saturated rings. The molecule has 0 aliphatic rings. The van der Waals surface area contributed by atoms with E-state index in [4.69, 9.17) is 4.74 Å². The number of benzene rings is 1. The van der Waals surface area contributed by atoms with Gasteiger partial charge in [0.2, 0.25) is 5.91 Å². The number of nitrogens with one attached hydrogen (secondary N) is 2. The molecule has 22 heavy (non-hydrogen) atoms. The maximum absolute atomic E-state index is 11.6. The Kier molecular flexibility index (Phi) is 8.72. The van der Waals surface area contributed by atoms with Gasteiger partial charge in [-0.15, -0.1) is 0 Å². The Balaban J connectivity index is 2.11. The fourth-order valence-corrected chi connectivity index (χ4v) is 1.98. The summed E-state index contributed by atoms with van der Waals surface area (Å²) in [5, 5.41) is 0. The minimum absolute atomic E-state index is 0.125. The van der Waals surface area contributed by atoms with Crippen LogP contribution in [0.5, 0.6) is 5.75 Å². The molecular formula is C17H26N2O3. The molecule has 1 aromatic rings. The molecule has 2 N–H and O–H groups in total. The van der Waals surface area contributed by atoms with E-state index in [9.17, 15) is 9.59 Å². The highest BCUT2D eigenvalue weighted by Gasteiger charge is 2.05. The van der Waals surface area contributed by atoms with Crippen LogP contribution in [0.4, 0.5) is 0 Å². The highest BCUT2D eigenvalue weighted by atomic mass is 16.5. The maximum Gasteiger partial charge on any atom is 0.276 e. The number of ether oxygens (including phenoxy) is 1. The van der Waals surface area contributed by atoms with Gasteiger partial charge in [0.05, 0.1) is 0 Å². The van der Waals surface area contributed by atoms with Gasteiger partial charge in [0, 0.05) is 6.42 Å². The predicted octanol–water partition coefficient (Wildman–Crippen LogP) is 2.88.